The smallest absolute Gasteiger partial charge is 0.221 e. The number of nitrogens with one attached hydrogen (secondary N) is 1. The first-order chi connectivity index (χ1) is 6.66. The van der Waals surface area contributed by atoms with Gasteiger partial charge in [0.25, 0.3) is 0 Å². The number of hydrogen-bond donors (Lipinski definition) is 3. The molecule has 5 N–H and O–H groups in total. The summed E-state index contributed by atoms with van der Waals surface area (Å²) in [5.74, 6) is 0.987. The number of guanidine groups is 2. The van der Waals surface area contributed by atoms with Crippen LogP contribution in [0.25, 0.3) is 0 Å². The number of nitrogens with zero attached hydrogens (tertiary/aromatic N) is 2. The van der Waals surface area contributed by atoms with Crippen molar-refractivity contribution < 1.29 is 0 Å². The Morgan fingerprint density at radius 1 is 1.29 bits per heavy atom. The van der Waals surface area contributed by atoms with Crippen molar-refractivity contribution >= 4 is 11.9 Å². The van der Waals surface area contributed by atoms with Crippen LogP contribution in [0, 0.1) is 11.3 Å². The van der Waals surface area contributed by atoms with Gasteiger partial charge in [-0.1, -0.05) is 0 Å². The Morgan fingerprint density at radius 3 is 2.36 bits per heavy atom. The van der Waals surface area contributed by atoms with E-state index in [1.807, 2.05) is 4.90 Å². The first-order valence-corrected chi connectivity index (χ1v) is 5.11. The molecule has 0 radical (unpaired) electrons. The van der Waals surface area contributed by atoms with E-state index in [0.717, 1.165) is 12.5 Å². The molecule has 0 saturated heterocycles. The maximum atomic E-state index is 7.75. The Bertz CT molecular complexity index is 260. The van der Waals surface area contributed by atoms with Crippen molar-refractivity contribution in [2.24, 2.45) is 22.4 Å². The number of aliphatic imine (C=N–C) groups is 1. The van der Waals surface area contributed by atoms with E-state index in [2.05, 4.69) is 4.99 Å². The lowest BCUT2D eigenvalue weighted by Crippen LogP contribution is -2.36. The fraction of sp³-hybridized carbons (Fsp3) is 0.778. The normalized spacial score (nSPS) is 20.3. The molecule has 0 aromatic carbocycles. The monoisotopic (exact) mass is 195 g/mol. The molecule has 2 fully saturated rings. The van der Waals surface area contributed by atoms with Gasteiger partial charge in [-0.15, -0.1) is 0 Å². The van der Waals surface area contributed by atoms with Crippen LogP contribution in [0.2, 0.25) is 0 Å². The minimum Gasteiger partial charge on any atom is -0.370 e. The highest BCUT2D eigenvalue weighted by Gasteiger charge is 2.35. The van der Waals surface area contributed by atoms with Crippen molar-refractivity contribution in [1.29, 1.82) is 5.41 Å². The molecule has 0 heterocycles. The van der Waals surface area contributed by atoms with Crippen LogP contribution in [-0.4, -0.2) is 29.4 Å². The molecule has 0 unspecified atom stereocenters. The second kappa shape index (κ2) is 3.48. The van der Waals surface area contributed by atoms with E-state index in [4.69, 9.17) is 16.9 Å². The zero-order valence-corrected chi connectivity index (χ0v) is 8.24. The van der Waals surface area contributed by atoms with Crippen molar-refractivity contribution in [3.05, 3.63) is 0 Å². The SMILES string of the molecule is N=C(N=C(N)N)N(CC1CC1)C1CC1. The van der Waals surface area contributed by atoms with Gasteiger partial charge >= 0.3 is 0 Å². The summed E-state index contributed by atoms with van der Waals surface area (Å²) in [7, 11) is 0. The van der Waals surface area contributed by atoms with E-state index < -0.39 is 0 Å². The van der Waals surface area contributed by atoms with Gasteiger partial charge in [-0.2, -0.15) is 4.99 Å². The third-order valence-corrected chi connectivity index (χ3v) is 2.65. The molecule has 0 spiro atoms. The van der Waals surface area contributed by atoms with E-state index in [1.54, 1.807) is 0 Å². The van der Waals surface area contributed by atoms with Gasteiger partial charge in [-0.25, -0.2) is 0 Å². The van der Waals surface area contributed by atoms with Crippen molar-refractivity contribution in [3.8, 4) is 0 Å². The summed E-state index contributed by atoms with van der Waals surface area (Å²) in [4.78, 5) is 5.84. The van der Waals surface area contributed by atoms with Crippen LogP contribution < -0.4 is 11.5 Å². The lowest BCUT2D eigenvalue weighted by molar-refractivity contribution is 0.384. The Hall–Kier alpha value is -1.26. The highest BCUT2D eigenvalue weighted by molar-refractivity contribution is 5.92. The molecule has 5 heteroatoms. The molecular formula is C9H17N5. The average Bonchev–Trinajstić information content (AvgIpc) is 2.94. The minimum atomic E-state index is -0.0172. The molecule has 14 heavy (non-hydrogen) atoms. The number of nitrogens with two attached hydrogens (primary N) is 2. The van der Waals surface area contributed by atoms with Gasteiger partial charge < -0.3 is 16.4 Å². The number of hydrogen-bond acceptors (Lipinski definition) is 1. The fourth-order valence-corrected chi connectivity index (χ4v) is 1.56. The molecule has 5 nitrogen and oxygen atoms in total. The Kier molecular flexibility index (Phi) is 2.31. The molecule has 0 aromatic heterocycles. The average molecular weight is 195 g/mol. The Morgan fingerprint density at radius 2 is 1.93 bits per heavy atom. The molecule has 0 amide bonds. The highest BCUT2D eigenvalue weighted by atomic mass is 15.3. The summed E-state index contributed by atoms with van der Waals surface area (Å²) in [5, 5.41) is 7.75. The largest absolute Gasteiger partial charge is 0.370 e. The van der Waals surface area contributed by atoms with Gasteiger partial charge in [0.15, 0.2) is 5.96 Å². The van der Waals surface area contributed by atoms with Gasteiger partial charge in [0.1, 0.15) is 0 Å². The third kappa shape index (κ3) is 2.37. The van der Waals surface area contributed by atoms with Crippen molar-refractivity contribution in [2.45, 2.75) is 31.7 Å². The Labute approximate surface area is 83.7 Å². The summed E-state index contributed by atoms with van der Waals surface area (Å²) >= 11 is 0. The summed E-state index contributed by atoms with van der Waals surface area (Å²) < 4.78 is 0. The first-order valence-electron chi connectivity index (χ1n) is 5.11. The van der Waals surface area contributed by atoms with E-state index in [-0.39, 0.29) is 11.9 Å². The summed E-state index contributed by atoms with van der Waals surface area (Å²) in [6, 6.07) is 0.520. The van der Waals surface area contributed by atoms with E-state index in [9.17, 15) is 0 Å². The summed E-state index contributed by atoms with van der Waals surface area (Å²) in [6.45, 7) is 0.959. The predicted octanol–water partition coefficient (Wildman–Crippen LogP) is 0.0690. The van der Waals surface area contributed by atoms with Crippen molar-refractivity contribution in [1.82, 2.24) is 4.90 Å². The molecule has 2 saturated carbocycles. The van der Waals surface area contributed by atoms with Crippen LogP contribution in [-0.2, 0) is 0 Å². The minimum absolute atomic E-state index is 0.0172. The maximum absolute atomic E-state index is 7.75. The van der Waals surface area contributed by atoms with Crippen LogP contribution in [0.15, 0.2) is 4.99 Å². The van der Waals surface area contributed by atoms with Crippen LogP contribution >= 0.6 is 0 Å². The summed E-state index contributed by atoms with van der Waals surface area (Å²) in [6.07, 6.45) is 4.93. The van der Waals surface area contributed by atoms with Crippen LogP contribution in [0.3, 0.4) is 0 Å². The molecule has 78 valence electrons. The standard InChI is InChI=1S/C9H17N5/c10-8(11)13-9(12)14(7-3-4-7)5-6-1-2-6/h6-7H,1-5H2,(H5,10,11,12,13). The summed E-state index contributed by atoms with van der Waals surface area (Å²) in [5.41, 5.74) is 10.5. The molecular weight excluding hydrogens is 178 g/mol. The predicted molar refractivity (Wildman–Crippen MR) is 56.0 cm³/mol. The van der Waals surface area contributed by atoms with Gasteiger partial charge in [0.2, 0.25) is 5.96 Å². The molecule has 2 aliphatic carbocycles. The molecule has 2 rings (SSSR count). The van der Waals surface area contributed by atoms with Crippen molar-refractivity contribution in [2.75, 3.05) is 6.54 Å². The van der Waals surface area contributed by atoms with Gasteiger partial charge in [0.05, 0.1) is 0 Å². The first kappa shape index (κ1) is 9.30. The molecule has 0 aromatic rings. The van der Waals surface area contributed by atoms with Crippen molar-refractivity contribution in [3.63, 3.8) is 0 Å². The van der Waals surface area contributed by atoms with Crippen LogP contribution in [0.1, 0.15) is 25.7 Å². The fourth-order valence-electron chi connectivity index (χ4n) is 1.56. The third-order valence-electron chi connectivity index (χ3n) is 2.65. The van der Waals surface area contributed by atoms with Gasteiger partial charge in [-0.05, 0) is 31.6 Å². The zero-order valence-electron chi connectivity index (χ0n) is 8.24. The van der Waals surface area contributed by atoms with Gasteiger partial charge in [-0.3, -0.25) is 5.41 Å². The highest BCUT2D eigenvalue weighted by Crippen LogP contribution is 2.34. The molecule has 2 aliphatic rings. The quantitative estimate of drug-likeness (QED) is 0.439. The zero-order chi connectivity index (χ0) is 10.1. The topological polar surface area (TPSA) is 91.5 Å². The second-order valence-electron chi connectivity index (χ2n) is 4.19. The molecule has 0 bridgehead atoms. The van der Waals surface area contributed by atoms with Gasteiger partial charge in [0, 0.05) is 12.6 Å². The second-order valence-corrected chi connectivity index (χ2v) is 4.19. The van der Waals surface area contributed by atoms with E-state index in [1.165, 1.54) is 25.7 Å². The lowest BCUT2D eigenvalue weighted by Gasteiger charge is -2.21. The van der Waals surface area contributed by atoms with E-state index in [0.29, 0.717) is 6.04 Å². The van der Waals surface area contributed by atoms with Crippen LogP contribution in [0.4, 0.5) is 0 Å². The Balaban J connectivity index is 1.94. The number of rotatable bonds is 3. The van der Waals surface area contributed by atoms with E-state index >= 15 is 0 Å². The lowest BCUT2D eigenvalue weighted by atomic mass is 10.3. The maximum Gasteiger partial charge on any atom is 0.221 e. The van der Waals surface area contributed by atoms with Crippen LogP contribution in [0.5, 0.6) is 0 Å². The molecule has 0 atom stereocenters. The molecule has 0 aliphatic heterocycles.